The van der Waals surface area contributed by atoms with E-state index in [1.165, 1.54) is 12.3 Å². The molecule has 0 saturated heterocycles. The highest BCUT2D eigenvalue weighted by Gasteiger charge is 2.08. The smallest absolute Gasteiger partial charge is 0.255 e. The lowest BCUT2D eigenvalue weighted by Gasteiger charge is -2.09. The van der Waals surface area contributed by atoms with E-state index in [1.54, 1.807) is 24.3 Å². The minimum absolute atomic E-state index is 0.306. The van der Waals surface area contributed by atoms with Gasteiger partial charge in [-0.25, -0.2) is 0 Å². The molecule has 0 saturated carbocycles. The predicted molar refractivity (Wildman–Crippen MR) is 70.6 cm³/mol. The standard InChI is InChI=1S/C13H13N3O2/c1-8-10(14)3-2-4-11(8)16-13(18)9-5-6-15-12(17)7-9/h2-7H,14H2,1H3,(H,15,17)(H,16,18). The summed E-state index contributed by atoms with van der Waals surface area (Å²) in [6, 6.07) is 8.07. The van der Waals surface area contributed by atoms with Gasteiger partial charge in [-0.1, -0.05) is 6.07 Å². The number of rotatable bonds is 2. The summed E-state index contributed by atoms with van der Waals surface area (Å²) in [5.74, 6) is -0.338. The zero-order chi connectivity index (χ0) is 13.1. The Morgan fingerprint density at radius 3 is 2.83 bits per heavy atom. The summed E-state index contributed by atoms with van der Waals surface area (Å²) < 4.78 is 0. The van der Waals surface area contributed by atoms with Crippen LogP contribution in [-0.4, -0.2) is 10.9 Å². The third kappa shape index (κ3) is 2.40. The Balaban J connectivity index is 2.27. The number of nitrogens with one attached hydrogen (secondary N) is 2. The number of aromatic amines is 1. The molecule has 0 bridgehead atoms. The first-order valence-corrected chi connectivity index (χ1v) is 5.43. The van der Waals surface area contributed by atoms with Gasteiger partial charge in [0.25, 0.3) is 5.91 Å². The number of H-pyrrole nitrogens is 1. The molecule has 1 aromatic carbocycles. The van der Waals surface area contributed by atoms with Crippen LogP contribution in [0.2, 0.25) is 0 Å². The van der Waals surface area contributed by atoms with Crippen molar-refractivity contribution in [3.8, 4) is 0 Å². The Hall–Kier alpha value is -2.56. The molecule has 92 valence electrons. The maximum Gasteiger partial charge on any atom is 0.255 e. The van der Waals surface area contributed by atoms with Crippen LogP contribution in [0.1, 0.15) is 15.9 Å². The van der Waals surface area contributed by atoms with Gasteiger partial charge in [-0.3, -0.25) is 9.59 Å². The Morgan fingerprint density at radius 1 is 1.33 bits per heavy atom. The topological polar surface area (TPSA) is 88.0 Å². The number of pyridine rings is 1. The third-order valence-electron chi connectivity index (χ3n) is 2.66. The molecule has 0 atom stereocenters. The summed E-state index contributed by atoms with van der Waals surface area (Å²) in [5, 5.41) is 2.72. The van der Waals surface area contributed by atoms with E-state index >= 15 is 0 Å². The van der Waals surface area contributed by atoms with Gasteiger partial charge in [-0.05, 0) is 30.7 Å². The van der Waals surface area contributed by atoms with Crippen LogP contribution in [0, 0.1) is 6.92 Å². The third-order valence-corrected chi connectivity index (χ3v) is 2.66. The van der Waals surface area contributed by atoms with Gasteiger partial charge in [0, 0.05) is 29.2 Å². The quantitative estimate of drug-likeness (QED) is 0.699. The Kier molecular flexibility index (Phi) is 3.14. The van der Waals surface area contributed by atoms with Crippen LogP contribution in [0.3, 0.4) is 0 Å². The summed E-state index contributed by atoms with van der Waals surface area (Å²) in [5.41, 5.74) is 7.80. The lowest BCUT2D eigenvalue weighted by atomic mass is 10.1. The number of carbonyl (C=O) groups is 1. The van der Waals surface area contributed by atoms with Crippen molar-refractivity contribution >= 4 is 17.3 Å². The van der Waals surface area contributed by atoms with E-state index in [9.17, 15) is 9.59 Å². The SMILES string of the molecule is Cc1c(N)cccc1NC(=O)c1cc[nH]c(=O)c1. The Labute approximate surface area is 104 Å². The summed E-state index contributed by atoms with van der Waals surface area (Å²) in [6.07, 6.45) is 1.43. The molecular formula is C13H13N3O2. The van der Waals surface area contributed by atoms with Gasteiger partial charge in [0.1, 0.15) is 0 Å². The molecule has 0 spiro atoms. The van der Waals surface area contributed by atoms with E-state index in [-0.39, 0.29) is 11.5 Å². The fraction of sp³-hybridized carbons (Fsp3) is 0.0769. The normalized spacial score (nSPS) is 10.1. The van der Waals surface area contributed by atoms with E-state index in [0.29, 0.717) is 16.9 Å². The molecule has 1 aromatic heterocycles. The molecule has 18 heavy (non-hydrogen) atoms. The number of nitrogens with two attached hydrogens (primary N) is 1. The van der Waals surface area contributed by atoms with Crippen molar-refractivity contribution in [3.63, 3.8) is 0 Å². The number of aromatic nitrogens is 1. The highest BCUT2D eigenvalue weighted by molar-refractivity contribution is 6.04. The van der Waals surface area contributed by atoms with Gasteiger partial charge in [0.05, 0.1) is 0 Å². The number of anilines is 2. The summed E-state index contributed by atoms with van der Waals surface area (Å²) in [7, 11) is 0. The fourth-order valence-electron chi connectivity index (χ4n) is 1.57. The zero-order valence-corrected chi connectivity index (χ0v) is 9.86. The second-order valence-corrected chi connectivity index (χ2v) is 3.92. The van der Waals surface area contributed by atoms with Crippen LogP contribution in [0.25, 0.3) is 0 Å². The molecule has 4 N–H and O–H groups in total. The van der Waals surface area contributed by atoms with Crippen molar-refractivity contribution in [1.29, 1.82) is 0 Å². The molecule has 0 radical (unpaired) electrons. The molecule has 0 aliphatic rings. The minimum Gasteiger partial charge on any atom is -0.398 e. The molecule has 2 aromatic rings. The molecule has 5 heteroatoms. The largest absolute Gasteiger partial charge is 0.398 e. The first-order chi connectivity index (χ1) is 8.58. The number of amides is 1. The van der Waals surface area contributed by atoms with Gasteiger partial charge >= 0.3 is 0 Å². The highest BCUT2D eigenvalue weighted by Crippen LogP contribution is 2.20. The van der Waals surface area contributed by atoms with Crippen LogP contribution in [0.5, 0.6) is 0 Å². The van der Waals surface area contributed by atoms with Crippen LogP contribution in [0.4, 0.5) is 11.4 Å². The van der Waals surface area contributed by atoms with Crippen molar-refractivity contribution in [2.24, 2.45) is 0 Å². The monoisotopic (exact) mass is 243 g/mol. The fourth-order valence-corrected chi connectivity index (χ4v) is 1.57. The van der Waals surface area contributed by atoms with Crippen molar-refractivity contribution < 1.29 is 4.79 Å². The van der Waals surface area contributed by atoms with Gasteiger partial charge in [-0.2, -0.15) is 0 Å². The number of benzene rings is 1. The molecule has 2 rings (SSSR count). The van der Waals surface area contributed by atoms with Crippen molar-refractivity contribution in [2.75, 3.05) is 11.1 Å². The average Bonchev–Trinajstić information content (AvgIpc) is 2.35. The van der Waals surface area contributed by atoms with E-state index in [4.69, 9.17) is 5.73 Å². The summed E-state index contributed by atoms with van der Waals surface area (Å²) in [4.78, 5) is 25.5. The highest BCUT2D eigenvalue weighted by atomic mass is 16.2. The van der Waals surface area contributed by atoms with Gasteiger partial charge in [-0.15, -0.1) is 0 Å². The summed E-state index contributed by atoms with van der Waals surface area (Å²) >= 11 is 0. The lowest BCUT2D eigenvalue weighted by Crippen LogP contribution is -2.16. The Bertz CT molecular complexity index is 647. The van der Waals surface area contributed by atoms with E-state index in [2.05, 4.69) is 10.3 Å². The van der Waals surface area contributed by atoms with Gasteiger partial charge < -0.3 is 16.0 Å². The molecule has 0 unspecified atom stereocenters. The first kappa shape index (κ1) is 11.9. The van der Waals surface area contributed by atoms with Crippen molar-refractivity contribution in [2.45, 2.75) is 6.92 Å². The second-order valence-electron chi connectivity index (χ2n) is 3.92. The van der Waals surface area contributed by atoms with Crippen molar-refractivity contribution in [3.05, 3.63) is 58.0 Å². The number of hydrogen-bond donors (Lipinski definition) is 3. The minimum atomic E-state index is -0.338. The number of nitrogen functional groups attached to an aromatic ring is 1. The molecule has 0 fully saturated rings. The zero-order valence-electron chi connectivity index (χ0n) is 9.86. The maximum absolute atomic E-state index is 11.9. The van der Waals surface area contributed by atoms with E-state index < -0.39 is 0 Å². The van der Waals surface area contributed by atoms with Crippen LogP contribution >= 0.6 is 0 Å². The molecule has 5 nitrogen and oxygen atoms in total. The van der Waals surface area contributed by atoms with Gasteiger partial charge in [0.15, 0.2) is 0 Å². The molecule has 0 aliphatic heterocycles. The lowest BCUT2D eigenvalue weighted by molar-refractivity contribution is 0.102. The maximum atomic E-state index is 11.9. The van der Waals surface area contributed by atoms with Crippen LogP contribution < -0.4 is 16.6 Å². The average molecular weight is 243 g/mol. The first-order valence-electron chi connectivity index (χ1n) is 5.43. The van der Waals surface area contributed by atoms with Crippen LogP contribution in [-0.2, 0) is 0 Å². The molecule has 1 heterocycles. The van der Waals surface area contributed by atoms with E-state index in [0.717, 1.165) is 5.56 Å². The number of hydrogen-bond acceptors (Lipinski definition) is 3. The second kappa shape index (κ2) is 4.75. The van der Waals surface area contributed by atoms with Gasteiger partial charge in [0.2, 0.25) is 5.56 Å². The molecule has 0 aliphatic carbocycles. The number of carbonyl (C=O) groups excluding carboxylic acids is 1. The van der Waals surface area contributed by atoms with E-state index in [1.807, 2.05) is 6.92 Å². The summed E-state index contributed by atoms with van der Waals surface area (Å²) in [6.45, 7) is 1.82. The predicted octanol–water partition coefficient (Wildman–Crippen LogP) is 1.52. The molecule has 1 amide bonds. The van der Waals surface area contributed by atoms with Crippen molar-refractivity contribution in [1.82, 2.24) is 4.98 Å². The Morgan fingerprint density at radius 2 is 2.11 bits per heavy atom. The van der Waals surface area contributed by atoms with Crippen LogP contribution in [0.15, 0.2) is 41.3 Å². The molecular weight excluding hydrogens is 230 g/mol.